The van der Waals surface area contributed by atoms with E-state index in [9.17, 15) is 14.4 Å². The third kappa shape index (κ3) is 5.31. The molecule has 1 amide bonds. The van der Waals surface area contributed by atoms with Crippen LogP contribution in [0.5, 0.6) is 0 Å². The van der Waals surface area contributed by atoms with Crippen LogP contribution in [-0.2, 0) is 19.1 Å². The van der Waals surface area contributed by atoms with Gasteiger partial charge in [-0.2, -0.15) is 0 Å². The van der Waals surface area contributed by atoms with E-state index in [1.165, 1.54) is 0 Å². The molecule has 126 valence electrons. The fraction of sp³-hybridized carbons (Fsp3) is 0.812. The predicted octanol–water partition coefficient (Wildman–Crippen LogP) is 2.55. The van der Waals surface area contributed by atoms with Crippen molar-refractivity contribution in [3.05, 3.63) is 0 Å². The number of piperidine rings is 1. The molecule has 1 unspecified atom stereocenters. The highest BCUT2D eigenvalue weighted by molar-refractivity contribution is 5.99. The molecule has 1 fully saturated rings. The van der Waals surface area contributed by atoms with Crippen molar-refractivity contribution in [3.63, 3.8) is 0 Å². The van der Waals surface area contributed by atoms with E-state index >= 15 is 0 Å². The molecular formula is C16H27NO5. The lowest BCUT2D eigenvalue weighted by Gasteiger charge is -2.39. The third-order valence-corrected chi connectivity index (χ3v) is 3.63. The van der Waals surface area contributed by atoms with Gasteiger partial charge in [0, 0.05) is 18.5 Å². The van der Waals surface area contributed by atoms with Gasteiger partial charge in [0.05, 0.1) is 6.61 Å². The maximum atomic E-state index is 12.4. The van der Waals surface area contributed by atoms with Gasteiger partial charge in [-0.25, -0.2) is 4.79 Å². The Morgan fingerprint density at radius 1 is 1.23 bits per heavy atom. The standard InChI is InChI=1S/C16H27NO5/c1-6-21-13(19)10-12(18)16(5)8-7-9-17(11-16)14(20)22-15(2,3)4/h6-11H2,1-5H3. The molecule has 0 aliphatic carbocycles. The monoisotopic (exact) mass is 313 g/mol. The molecule has 0 saturated carbocycles. The van der Waals surface area contributed by atoms with Gasteiger partial charge in [0.1, 0.15) is 12.0 Å². The highest BCUT2D eigenvalue weighted by Crippen LogP contribution is 2.32. The molecule has 1 atom stereocenters. The van der Waals surface area contributed by atoms with E-state index in [1.54, 1.807) is 39.5 Å². The SMILES string of the molecule is CCOC(=O)CC(=O)C1(C)CCCN(C(=O)OC(C)(C)C)C1. The molecule has 1 rings (SSSR count). The minimum Gasteiger partial charge on any atom is -0.466 e. The Balaban J connectivity index is 2.69. The number of rotatable bonds is 4. The van der Waals surface area contributed by atoms with Crippen molar-refractivity contribution in [1.29, 1.82) is 0 Å². The minimum absolute atomic E-state index is 0.181. The normalized spacial score (nSPS) is 22.1. The van der Waals surface area contributed by atoms with Crippen molar-refractivity contribution in [2.75, 3.05) is 19.7 Å². The number of nitrogens with zero attached hydrogens (tertiary/aromatic N) is 1. The summed E-state index contributed by atoms with van der Waals surface area (Å²) in [6.45, 7) is 10.0. The quantitative estimate of drug-likeness (QED) is 0.589. The summed E-state index contributed by atoms with van der Waals surface area (Å²) in [5.74, 6) is -0.692. The molecule has 6 nitrogen and oxygen atoms in total. The van der Waals surface area contributed by atoms with Gasteiger partial charge in [-0.15, -0.1) is 0 Å². The van der Waals surface area contributed by atoms with Gasteiger partial charge >= 0.3 is 12.1 Å². The number of esters is 1. The van der Waals surface area contributed by atoms with Gasteiger partial charge in [0.25, 0.3) is 0 Å². The van der Waals surface area contributed by atoms with Gasteiger partial charge in [0.2, 0.25) is 0 Å². The molecular weight excluding hydrogens is 286 g/mol. The van der Waals surface area contributed by atoms with Crippen LogP contribution in [0.3, 0.4) is 0 Å². The molecule has 0 aromatic rings. The number of carbonyl (C=O) groups excluding carboxylic acids is 3. The molecule has 0 aromatic heterocycles. The molecule has 22 heavy (non-hydrogen) atoms. The van der Waals surface area contributed by atoms with Crippen LogP contribution in [0.15, 0.2) is 0 Å². The molecule has 0 N–H and O–H groups in total. The van der Waals surface area contributed by atoms with Gasteiger partial charge in [0.15, 0.2) is 5.78 Å². The van der Waals surface area contributed by atoms with E-state index in [1.807, 2.05) is 0 Å². The average molecular weight is 313 g/mol. The largest absolute Gasteiger partial charge is 0.466 e. The lowest BCUT2D eigenvalue weighted by atomic mass is 9.77. The number of amides is 1. The Morgan fingerprint density at radius 3 is 2.41 bits per heavy atom. The van der Waals surface area contributed by atoms with Crippen LogP contribution in [0, 0.1) is 5.41 Å². The fourth-order valence-electron chi connectivity index (χ4n) is 2.51. The maximum Gasteiger partial charge on any atom is 0.410 e. The lowest BCUT2D eigenvalue weighted by Crippen LogP contribution is -2.50. The molecule has 6 heteroatoms. The second-order valence-electron chi connectivity index (χ2n) is 6.97. The van der Waals surface area contributed by atoms with Gasteiger partial charge in [-0.1, -0.05) is 6.92 Å². The second-order valence-corrected chi connectivity index (χ2v) is 6.97. The van der Waals surface area contributed by atoms with Crippen molar-refractivity contribution < 1.29 is 23.9 Å². The maximum absolute atomic E-state index is 12.4. The molecule has 0 aromatic carbocycles. The third-order valence-electron chi connectivity index (χ3n) is 3.63. The molecule has 0 spiro atoms. The number of hydrogen-bond donors (Lipinski definition) is 0. The van der Waals surface area contributed by atoms with Crippen LogP contribution in [0.25, 0.3) is 0 Å². The van der Waals surface area contributed by atoms with E-state index < -0.39 is 23.1 Å². The Bertz CT molecular complexity index is 440. The highest BCUT2D eigenvalue weighted by Gasteiger charge is 2.40. The van der Waals surface area contributed by atoms with E-state index in [0.29, 0.717) is 19.4 Å². The molecule has 1 heterocycles. The van der Waals surface area contributed by atoms with E-state index in [4.69, 9.17) is 9.47 Å². The van der Waals surface area contributed by atoms with Gasteiger partial charge in [-0.05, 0) is 40.5 Å². The number of ketones is 1. The Morgan fingerprint density at radius 2 is 1.86 bits per heavy atom. The zero-order chi connectivity index (χ0) is 17.0. The zero-order valence-corrected chi connectivity index (χ0v) is 14.2. The van der Waals surface area contributed by atoms with E-state index in [0.717, 1.165) is 0 Å². The smallest absolute Gasteiger partial charge is 0.410 e. The van der Waals surface area contributed by atoms with Crippen LogP contribution in [0.1, 0.15) is 53.9 Å². The summed E-state index contributed by atoms with van der Waals surface area (Å²) in [5.41, 5.74) is -1.29. The van der Waals surface area contributed by atoms with Crippen molar-refractivity contribution in [2.24, 2.45) is 5.41 Å². The number of likely N-dealkylation sites (tertiary alicyclic amines) is 1. The van der Waals surface area contributed by atoms with E-state index in [2.05, 4.69) is 0 Å². The first kappa shape index (κ1) is 18.5. The molecule has 1 aliphatic heterocycles. The van der Waals surface area contributed by atoms with Gasteiger partial charge < -0.3 is 14.4 Å². The number of carbonyl (C=O) groups is 3. The molecule has 0 radical (unpaired) electrons. The second kappa shape index (κ2) is 7.11. The Hall–Kier alpha value is -1.59. The lowest BCUT2D eigenvalue weighted by molar-refractivity contribution is -0.148. The Labute approximate surface area is 132 Å². The fourth-order valence-corrected chi connectivity index (χ4v) is 2.51. The highest BCUT2D eigenvalue weighted by atomic mass is 16.6. The topological polar surface area (TPSA) is 72.9 Å². The van der Waals surface area contributed by atoms with Gasteiger partial charge in [-0.3, -0.25) is 9.59 Å². The van der Waals surface area contributed by atoms with Crippen molar-refractivity contribution in [1.82, 2.24) is 4.90 Å². The minimum atomic E-state index is -0.720. The first-order chi connectivity index (χ1) is 10.1. The zero-order valence-electron chi connectivity index (χ0n) is 14.2. The molecule has 1 saturated heterocycles. The first-order valence-corrected chi connectivity index (χ1v) is 7.74. The number of ether oxygens (including phenoxy) is 2. The summed E-state index contributed by atoms with van der Waals surface area (Å²) in [5, 5.41) is 0. The average Bonchev–Trinajstić information content (AvgIpc) is 2.37. The number of hydrogen-bond acceptors (Lipinski definition) is 5. The first-order valence-electron chi connectivity index (χ1n) is 7.74. The summed E-state index contributed by atoms with van der Waals surface area (Å²) in [6, 6.07) is 0. The van der Waals surface area contributed by atoms with Crippen LogP contribution < -0.4 is 0 Å². The summed E-state index contributed by atoms with van der Waals surface area (Å²) in [6.07, 6.45) is 0.712. The van der Waals surface area contributed by atoms with Crippen LogP contribution in [0.2, 0.25) is 0 Å². The summed E-state index contributed by atoms with van der Waals surface area (Å²) in [4.78, 5) is 37.6. The summed E-state index contributed by atoms with van der Waals surface area (Å²) in [7, 11) is 0. The molecule has 0 bridgehead atoms. The summed E-state index contributed by atoms with van der Waals surface area (Å²) >= 11 is 0. The van der Waals surface area contributed by atoms with Crippen LogP contribution in [0.4, 0.5) is 4.79 Å². The summed E-state index contributed by atoms with van der Waals surface area (Å²) < 4.78 is 10.2. The Kier molecular flexibility index (Phi) is 5.97. The number of Topliss-reactive ketones (excluding diaryl/α,β-unsaturated/α-hetero) is 1. The van der Waals surface area contributed by atoms with Crippen LogP contribution in [-0.4, -0.2) is 48.0 Å². The van der Waals surface area contributed by atoms with E-state index in [-0.39, 0.29) is 25.4 Å². The predicted molar refractivity (Wildman–Crippen MR) is 81.4 cm³/mol. The van der Waals surface area contributed by atoms with Crippen molar-refractivity contribution in [2.45, 2.75) is 59.5 Å². The molecule has 1 aliphatic rings. The van der Waals surface area contributed by atoms with Crippen molar-refractivity contribution >= 4 is 17.8 Å². The van der Waals surface area contributed by atoms with Crippen molar-refractivity contribution in [3.8, 4) is 0 Å². The van der Waals surface area contributed by atoms with Crippen LogP contribution >= 0.6 is 0 Å².